The van der Waals surface area contributed by atoms with Gasteiger partial charge in [-0.05, 0) is 31.2 Å². The Hall–Kier alpha value is -2.87. The summed E-state index contributed by atoms with van der Waals surface area (Å²) in [5, 5.41) is 11.2. The molecule has 0 saturated carbocycles. The third-order valence-corrected chi connectivity index (χ3v) is 4.63. The Kier molecular flexibility index (Phi) is 5.76. The lowest BCUT2D eigenvalue weighted by atomic mass is 10.2. The number of nitrogens with zero attached hydrogens (tertiary/aromatic N) is 2. The first-order valence-corrected chi connectivity index (χ1v) is 8.32. The van der Waals surface area contributed by atoms with Crippen molar-refractivity contribution in [2.45, 2.75) is 11.8 Å². The molecule has 0 atom stereocenters. The molecule has 2 rings (SSSR count). The highest BCUT2D eigenvalue weighted by molar-refractivity contribution is 8.00. The van der Waals surface area contributed by atoms with E-state index in [9.17, 15) is 19.7 Å². The van der Waals surface area contributed by atoms with E-state index in [1.165, 1.54) is 17.0 Å². The predicted molar refractivity (Wildman–Crippen MR) is 96.9 cm³/mol. The van der Waals surface area contributed by atoms with Crippen LogP contribution < -0.4 is 10.6 Å². The third-order valence-electron chi connectivity index (χ3n) is 3.59. The molecule has 0 aliphatic carbocycles. The van der Waals surface area contributed by atoms with Gasteiger partial charge in [-0.2, -0.15) is 0 Å². The van der Waals surface area contributed by atoms with Gasteiger partial charge in [0.1, 0.15) is 0 Å². The molecule has 2 N–H and O–H groups in total. The van der Waals surface area contributed by atoms with E-state index in [0.717, 1.165) is 29.1 Å². The summed E-state index contributed by atoms with van der Waals surface area (Å²) in [7, 11) is 1.65. The van der Waals surface area contributed by atoms with Gasteiger partial charge in [0.05, 0.1) is 15.6 Å². The van der Waals surface area contributed by atoms with Gasteiger partial charge in [-0.3, -0.25) is 19.7 Å². The fourth-order valence-corrected chi connectivity index (χ4v) is 3.00. The van der Waals surface area contributed by atoms with E-state index in [2.05, 4.69) is 0 Å². The second-order valence-corrected chi connectivity index (χ2v) is 6.40. The number of aryl methyl sites for hydroxylation is 1. The third kappa shape index (κ3) is 4.57. The molecule has 0 aliphatic heterocycles. The minimum Gasteiger partial charge on any atom is -0.366 e. The molecule has 2 aromatic rings. The normalized spacial score (nSPS) is 10.3. The average molecular weight is 359 g/mol. The first-order valence-electron chi connectivity index (χ1n) is 7.34. The summed E-state index contributed by atoms with van der Waals surface area (Å²) < 4.78 is 0. The van der Waals surface area contributed by atoms with Crippen LogP contribution in [0, 0.1) is 17.0 Å². The van der Waals surface area contributed by atoms with Gasteiger partial charge in [0, 0.05) is 24.4 Å². The van der Waals surface area contributed by atoms with Gasteiger partial charge in [0.25, 0.3) is 5.69 Å². The zero-order chi connectivity index (χ0) is 18.6. The Labute approximate surface area is 149 Å². The molecule has 8 heteroatoms. The number of nitro benzene ring substituents is 1. The van der Waals surface area contributed by atoms with E-state index >= 15 is 0 Å². The first-order chi connectivity index (χ1) is 11.8. The molecule has 25 heavy (non-hydrogen) atoms. The van der Waals surface area contributed by atoms with Gasteiger partial charge < -0.3 is 10.6 Å². The van der Waals surface area contributed by atoms with Crippen LogP contribution in [-0.2, 0) is 4.79 Å². The van der Waals surface area contributed by atoms with Crippen molar-refractivity contribution in [3.8, 4) is 0 Å². The molecule has 0 radical (unpaired) electrons. The van der Waals surface area contributed by atoms with Crippen molar-refractivity contribution in [2.24, 2.45) is 5.73 Å². The lowest BCUT2D eigenvalue weighted by Gasteiger charge is -2.17. The Morgan fingerprint density at radius 3 is 2.40 bits per heavy atom. The molecule has 0 saturated heterocycles. The van der Waals surface area contributed by atoms with Gasteiger partial charge >= 0.3 is 0 Å². The molecule has 130 valence electrons. The van der Waals surface area contributed by atoms with Crippen molar-refractivity contribution in [1.29, 1.82) is 0 Å². The Bertz CT molecular complexity index is 821. The van der Waals surface area contributed by atoms with Crippen LogP contribution in [0.5, 0.6) is 0 Å². The second-order valence-electron chi connectivity index (χ2n) is 5.38. The highest BCUT2D eigenvalue weighted by Crippen LogP contribution is 2.30. The fourth-order valence-electron chi connectivity index (χ4n) is 2.08. The summed E-state index contributed by atoms with van der Waals surface area (Å²) in [6.45, 7) is 1.95. The number of primary amides is 1. The number of benzene rings is 2. The number of hydrogen-bond acceptors (Lipinski definition) is 5. The molecular formula is C17H17N3O4S. The monoisotopic (exact) mass is 359 g/mol. The van der Waals surface area contributed by atoms with Crippen molar-refractivity contribution in [1.82, 2.24) is 0 Å². The van der Waals surface area contributed by atoms with Crippen LogP contribution in [0.2, 0.25) is 0 Å². The van der Waals surface area contributed by atoms with Crippen molar-refractivity contribution >= 4 is 35.0 Å². The van der Waals surface area contributed by atoms with Gasteiger partial charge in [-0.15, -0.1) is 11.8 Å². The van der Waals surface area contributed by atoms with Crippen molar-refractivity contribution in [3.63, 3.8) is 0 Å². The number of carbonyl (C=O) groups is 2. The van der Waals surface area contributed by atoms with E-state index in [4.69, 9.17) is 5.73 Å². The zero-order valence-electron chi connectivity index (χ0n) is 13.8. The van der Waals surface area contributed by atoms with Crippen LogP contribution in [0.3, 0.4) is 0 Å². The maximum Gasteiger partial charge on any atom is 0.283 e. The highest BCUT2D eigenvalue weighted by Gasteiger charge is 2.19. The fraction of sp³-hybridized carbons (Fsp3) is 0.176. The van der Waals surface area contributed by atoms with E-state index in [0.29, 0.717) is 4.90 Å². The number of rotatable bonds is 6. The maximum atomic E-state index is 12.3. The topological polar surface area (TPSA) is 107 Å². The minimum atomic E-state index is -0.741. The smallest absolute Gasteiger partial charge is 0.283 e. The van der Waals surface area contributed by atoms with Crippen molar-refractivity contribution in [3.05, 3.63) is 63.7 Å². The van der Waals surface area contributed by atoms with E-state index in [-0.39, 0.29) is 22.9 Å². The van der Waals surface area contributed by atoms with Gasteiger partial charge in [0.2, 0.25) is 11.8 Å². The second kappa shape index (κ2) is 7.80. The molecule has 7 nitrogen and oxygen atoms in total. The summed E-state index contributed by atoms with van der Waals surface area (Å²) in [6.07, 6.45) is 0. The lowest BCUT2D eigenvalue weighted by molar-refractivity contribution is -0.387. The Balaban J connectivity index is 2.12. The quantitative estimate of drug-likeness (QED) is 0.485. The number of thioether (sulfide) groups is 1. The van der Waals surface area contributed by atoms with Gasteiger partial charge in [0.15, 0.2) is 0 Å². The molecular weight excluding hydrogens is 342 g/mol. The Morgan fingerprint density at radius 1 is 1.20 bits per heavy atom. The molecule has 0 aromatic heterocycles. The van der Waals surface area contributed by atoms with Crippen LogP contribution in [0.1, 0.15) is 15.9 Å². The molecule has 0 spiro atoms. The van der Waals surface area contributed by atoms with E-state index in [1.54, 1.807) is 7.05 Å². The largest absolute Gasteiger partial charge is 0.366 e. The van der Waals surface area contributed by atoms with Crippen LogP contribution >= 0.6 is 11.8 Å². The number of amides is 2. The van der Waals surface area contributed by atoms with E-state index in [1.807, 2.05) is 31.2 Å². The zero-order valence-corrected chi connectivity index (χ0v) is 14.6. The van der Waals surface area contributed by atoms with E-state index < -0.39 is 10.8 Å². The van der Waals surface area contributed by atoms with Crippen LogP contribution in [0.25, 0.3) is 0 Å². The summed E-state index contributed by atoms with van der Waals surface area (Å²) in [5.74, 6) is -0.904. The molecule has 0 heterocycles. The first kappa shape index (κ1) is 18.5. The summed E-state index contributed by atoms with van der Waals surface area (Å²) in [6, 6.07) is 11.4. The minimum absolute atomic E-state index is 0.0289. The molecule has 0 unspecified atom stereocenters. The predicted octanol–water partition coefficient (Wildman–Crippen LogP) is 2.76. The van der Waals surface area contributed by atoms with Crippen LogP contribution in [0.4, 0.5) is 11.4 Å². The van der Waals surface area contributed by atoms with Crippen LogP contribution in [0.15, 0.2) is 47.4 Å². The van der Waals surface area contributed by atoms with Crippen molar-refractivity contribution < 1.29 is 14.5 Å². The average Bonchev–Trinajstić information content (AvgIpc) is 2.59. The number of carbonyl (C=O) groups excluding carboxylic acids is 2. The number of anilines is 1. The summed E-state index contributed by atoms with van der Waals surface area (Å²) >= 11 is 1.05. The van der Waals surface area contributed by atoms with Gasteiger partial charge in [-0.1, -0.05) is 17.7 Å². The van der Waals surface area contributed by atoms with Gasteiger partial charge in [-0.25, -0.2) is 0 Å². The molecule has 0 fully saturated rings. The number of nitro groups is 1. The lowest BCUT2D eigenvalue weighted by Crippen LogP contribution is -2.27. The van der Waals surface area contributed by atoms with Crippen molar-refractivity contribution in [2.75, 3.05) is 17.7 Å². The SMILES string of the molecule is Cc1ccc(N(C)C(=O)CSc2ccc(C(N)=O)cc2[N+](=O)[O-])cc1. The molecule has 0 aliphatic rings. The molecule has 2 aromatic carbocycles. The number of hydrogen-bond donors (Lipinski definition) is 1. The van der Waals surface area contributed by atoms with Crippen LogP contribution in [-0.4, -0.2) is 29.5 Å². The highest BCUT2D eigenvalue weighted by atomic mass is 32.2. The summed E-state index contributed by atoms with van der Waals surface area (Å²) in [5.41, 5.74) is 6.78. The molecule has 0 bridgehead atoms. The maximum absolute atomic E-state index is 12.3. The summed E-state index contributed by atoms with van der Waals surface area (Å²) in [4.78, 5) is 35.9. The standard InChI is InChI=1S/C17H17N3O4S/c1-11-3-6-13(7-4-11)19(2)16(21)10-25-15-8-5-12(17(18)22)9-14(15)20(23)24/h3-9H,10H2,1-2H3,(H2,18,22). The Morgan fingerprint density at radius 2 is 1.84 bits per heavy atom. The molecule has 2 amide bonds. The number of nitrogens with two attached hydrogens (primary N) is 1.